The van der Waals surface area contributed by atoms with Crippen LogP contribution < -0.4 is 14.4 Å². The molecule has 0 saturated carbocycles. The van der Waals surface area contributed by atoms with E-state index in [2.05, 4.69) is 0 Å². The topological polar surface area (TPSA) is 76.1 Å². The number of aliphatic hydroxyl groups is 1. The Labute approximate surface area is 211 Å². The van der Waals surface area contributed by atoms with Gasteiger partial charge in [0.05, 0.1) is 25.8 Å². The molecule has 6 nitrogen and oxygen atoms in total. The maximum absolute atomic E-state index is 14.2. The molecule has 4 aromatic rings. The molecule has 8 heteroatoms. The number of ether oxygens (including phenoxy) is 2. The molecular weight excluding hydrogens is 480 g/mol. The van der Waals surface area contributed by atoms with E-state index in [0.717, 1.165) is 27.8 Å². The van der Waals surface area contributed by atoms with Crippen molar-refractivity contribution in [3.8, 4) is 11.5 Å². The molecule has 1 unspecified atom stereocenters. The highest BCUT2D eigenvalue weighted by atomic mass is 19.2. The summed E-state index contributed by atoms with van der Waals surface area (Å²) >= 11 is 0. The largest absolute Gasteiger partial charge is 0.507 e. The first-order valence-corrected chi connectivity index (χ1v) is 11.3. The quantitative estimate of drug-likeness (QED) is 0.214. The van der Waals surface area contributed by atoms with E-state index in [9.17, 15) is 23.5 Å². The molecule has 0 radical (unpaired) electrons. The summed E-state index contributed by atoms with van der Waals surface area (Å²) in [6, 6.07) is 19.1. The monoisotopic (exact) mass is 501 g/mol. The first-order chi connectivity index (χ1) is 17.8. The highest BCUT2D eigenvalue weighted by Crippen LogP contribution is 2.45. The van der Waals surface area contributed by atoms with Crippen LogP contribution in [-0.4, -0.2) is 31.0 Å². The molecule has 0 bridgehead atoms. The molecular formula is C29H21F2NO5. The predicted molar refractivity (Wildman–Crippen MR) is 135 cm³/mol. The molecule has 1 fully saturated rings. The van der Waals surface area contributed by atoms with Gasteiger partial charge in [-0.05, 0) is 46.7 Å². The average molecular weight is 501 g/mol. The minimum absolute atomic E-state index is 0.0229. The fraction of sp³-hybridized carbons (Fsp3) is 0.103. The molecule has 4 aromatic carbocycles. The molecule has 1 amide bonds. The van der Waals surface area contributed by atoms with Crippen LogP contribution in [0.5, 0.6) is 11.5 Å². The van der Waals surface area contributed by atoms with Gasteiger partial charge in [0.1, 0.15) is 5.76 Å². The minimum Gasteiger partial charge on any atom is -0.507 e. The maximum Gasteiger partial charge on any atom is 0.300 e. The van der Waals surface area contributed by atoms with Gasteiger partial charge in [-0.25, -0.2) is 8.78 Å². The molecule has 1 aliphatic heterocycles. The standard InChI is InChI=1S/C29H21F2NO5/c1-36-23-13-10-17(14-24(23)37-2)27(33)25-26(20-9-5-7-16-6-3-4-8-19(16)20)32(29(35)28(25)34)18-11-12-21(30)22(31)15-18/h3-15,26,33H,1-2H3/b27-25-. The number of ketones is 1. The van der Waals surface area contributed by atoms with Gasteiger partial charge < -0.3 is 14.6 Å². The molecule has 0 aromatic heterocycles. The van der Waals surface area contributed by atoms with Gasteiger partial charge in [0.2, 0.25) is 0 Å². The number of aliphatic hydroxyl groups excluding tert-OH is 1. The average Bonchev–Trinajstić information content (AvgIpc) is 3.18. The number of anilines is 1. The van der Waals surface area contributed by atoms with Gasteiger partial charge in [-0.15, -0.1) is 0 Å². The molecule has 1 saturated heterocycles. The first-order valence-electron chi connectivity index (χ1n) is 11.3. The van der Waals surface area contributed by atoms with Crippen LogP contribution in [-0.2, 0) is 9.59 Å². The SMILES string of the molecule is COc1ccc(/C(O)=C2/C(=O)C(=O)N(c3ccc(F)c(F)c3)C2c2cccc3ccccc23)cc1OC. The Morgan fingerprint density at radius 3 is 2.30 bits per heavy atom. The van der Waals surface area contributed by atoms with Gasteiger partial charge in [0.25, 0.3) is 11.7 Å². The second kappa shape index (κ2) is 9.39. The van der Waals surface area contributed by atoms with Crippen molar-refractivity contribution in [1.29, 1.82) is 0 Å². The zero-order valence-electron chi connectivity index (χ0n) is 19.9. The Hall–Kier alpha value is -4.72. The fourth-order valence-electron chi connectivity index (χ4n) is 4.66. The van der Waals surface area contributed by atoms with E-state index in [1.54, 1.807) is 18.2 Å². The Bertz CT molecular complexity index is 1590. The van der Waals surface area contributed by atoms with Crippen LogP contribution in [0.3, 0.4) is 0 Å². The van der Waals surface area contributed by atoms with Gasteiger partial charge in [-0.3, -0.25) is 14.5 Å². The van der Waals surface area contributed by atoms with E-state index in [-0.39, 0.29) is 16.8 Å². The normalized spacial score (nSPS) is 16.9. The third-order valence-electron chi connectivity index (χ3n) is 6.40. The molecule has 37 heavy (non-hydrogen) atoms. The van der Waals surface area contributed by atoms with Crippen molar-refractivity contribution in [1.82, 2.24) is 0 Å². The number of methoxy groups -OCH3 is 2. The molecule has 5 rings (SSSR count). The fourth-order valence-corrected chi connectivity index (χ4v) is 4.66. The highest BCUT2D eigenvalue weighted by Gasteiger charge is 2.47. The van der Waals surface area contributed by atoms with Crippen molar-refractivity contribution in [2.45, 2.75) is 6.04 Å². The number of halogens is 2. The summed E-state index contributed by atoms with van der Waals surface area (Å²) in [6.45, 7) is 0. The number of carbonyl (C=O) groups excluding carboxylic acids is 2. The summed E-state index contributed by atoms with van der Waals surface area (Å²) in [5, 5.41) is 13.0. The number of benzene rings is 4. The van der Waals surface area contributed by atoms with E-state index < -0.39 is 35.1 Å². The summed E-state index contributed by atoms with van der Waals surface area (Å²) in [5.74, 6) is -3.93. The van der Waals surface area contributed by atoms with Crippen LogP contribution in [0.1, 0.15) is 17.2 Å². The van der Waals surface area contributed by atoms with Crippen LogP contribution in [0.2, 0.25) is 0 Å². The number of rotatable bonds is 5. The summed E-state index contributed by atoms with van der Waals surface area (Å²) in [5.41, 5.74) is 0.527. The molecule has 1 heterocycles. The lowest BCUT2D eigenvalue weighted by Gasteiger charge is -2.26. The minimum atomic E-state index is -1.17. The lowest BCUT2D eigenvalue weighted by atomic mass is 9.91. The zero-order chi connectivity index (χ0) is 26.3. The van der Waals surface area contributed by atoms with Crippen molar-refractivity contribution in [3.05, 3.63) is 107 Å². The van der Waals surface area contributed by atoms with Crippen LogP contribution in [0.25, 0.3) is 16.5 Å². The number of Topliss-reactive ketones (excluding diaryl/α,β-unsaturated/α-hetero) is 1. The van der Waals surface area contributed by atoms with Crippen molar-refractivity contribution in [3.63, 3.8) is 0 Å². The lowest BCUT2D eigenvalue weighted by Crippen LogP contribution is -2.29. The number of amides is 1. The third-order valence-corrected chi connectivity index (χ3v) is 6.40. The summed E-state index contributed by atoms with van der Waals surface area (Å²) in [6.07, 6.45) is 0. The van der Waals surface area contributed by atoms with Gasteiger partial charge in [0, 0.05) is 17.3 Å². The second-order valence-corrected chi connectivity index (χ2v) is 8.41. The van der Waals surface area contributed by atoms with Crippen LogP contribution in [0.4, 0.5) is 14.5 Å². The molecule has 1 atom stereocenters. The van der Waals surface area contributed by atoms with E-state index >= 15 is 0 Å². The number of nitrogens with zero attached hydrogens (tertiary/aromatic N) is 1. The summed E-state index contributed by atoms with van der Waals surface area (Å²) in [7, 11) is 2.89. The molecule has 0 aliphatic carbocycles. The van der Waals surface area contributed by atoms with Crippen molar-refractivity contribution >= 4 is 33.9 Å². The van der Waals surface area contributed by atoms with Gasteiger partial charge >= 0.3 is 0 Å². The van der Waals surface area contributed by atoms with Gasteiger partial charge in [0.15, 0.2) is 23.1 Å². The first kappa shape index (κ1) is 24.0. The number of fused-ring (bicyclic) bond motifs is 1. The summed E-state index contributed by atoms with van der Waals surface area (Å²) < 4.78 is 38.5. The Morgan fingerprint density at radius 1 is 0.838 bits per heavy atom. The maximum atomic E-state index is 14.2. The predicted octanol–water partition coefficient (Wildman–Crippen LogP) is 5.76. The smallest absolute Gasteiger partial charge is 0.300 e. The number of carbonyl (C=O) groups is 2. The number of hydrogen-bond donors (Lipinski definition) is 1. The Kier molecular flexibility index (Phi) is 6.09. The van der Waals surface area contributed by atoms with Crippen molar-refractivity contribution in [2.24, 2.45) is 0 Å². The van der Waals surface area contributed by atoms with E-state index in [1.807, 2.05) is 30.3 Å². The molecule has 0 spiro atoms. The Morgan fingerprint density at radius 2 is 1.57 bits per heavy atom. The van der Waals surface area contributed by atoms with Crippen LogP contribution in [0, 0.1) is 11.6 Å². The molecule has 1 N–H and O–H groups in total. The third kappa shape index (κ3) is 3.96. The van der Waals surface area contributed by atoms with E-state index in [4.69, 9.17) is 9.47 Å². The van der Waals surface area contributed by atoms with Crippen molar-refractivity contribution < 1.29 is 33.0 Å². The molecule has 186 valence electrons. The summed E-state index contributed by atoms with van der Waals surface area (Å²) in [4.78, 5) is 27.9. The van der Waals surface area contributed by atoms with E-state index in [1.165, 1.54) is 32.4 Å². The van der Waals surface area contributed by atoms with Crippen LogP contribution >= 0.6 is 0 Å². The Balaban J connectivity index is 1.80. The second-order valence-electron chi connectivity index (χ2n) is 8.41. The zero-order valence-corrected chi connectivity index (χ0v) is 19.9. The lowest BCUT2D eigenvalue weighted by molar-refractivity contribution is -0.132. The van der Waals surface area contributed by atoms with E-state index in [0.29, 0.717) is 17.1 Å². The van der Waals surface area contributed by atoms with Gasteiger partial charge in [-0.1, -0.05) is 42.5 Å². The highest BCUT2D eigenvalue weighted by molar-refractivity contribution is 6.51. The van der Waals surface area contributed by atoms with Crippen LogP contribution in [0.15, 0.2) is 84.4 Å². The number of hydrogen-bond acceptors (Lipinski definition) is 5. The van der Waals surface area contributed by atoms with Gasteiger partial charge in [-0.2, -0.15) is 0 Å². The molecule has 1 aliphatic rings. The van der Waals surface area contributed by atoms with Crippen molar-refractivity contribution in [2.75, 3.05) is 19.1 Å².